The van der Waals surface area contributed by atoms with Gasteiger partial charge >= 0.3 is 5.97 Å². The van der Waals surface area contributed by atoms with Crippen molar-refractivity contribution in [2.24, 2.45) is 28.6 Å². The fraction of sp³-hybridized carbons (Fsp3) is 0.710. The molecule has 4 aliphatic carbocycles. The van der Waals surface area contributed by atoms with Gasteiger partial charge in [0.05, 0.1) is 30.1 Å². The minimum Gasteiger partial charge on any atom is -0.496 e. The highest BCUT2D eigenvalue weighted by molar-refractivity contribution is 5.98. The number of aliphatic carboxylic acids is 1. The molecule has 0 unspecified atom stereocenters. The summed E-state index contributed by atoms with van der Waals surface area (Å²) in [6, 6.07) is 2.25. The Hall–Kier alpha value is -2.84. The van der Waals surface area contributed by atoms with E-state index in [4.69, 9.17) is 9.47 Å². The largest absolute Gasteiger partial charge is 0.496 e. The molecule has 5 rings (SSSR count). The molecule has 2 bridgehead atoms. The quantitative estimate of drug-likeness (QED) is 0.369. The van der Waals surface area contributed by atoms with Crippen molar-refractivity contribution < 1.29 is 33.4 Å². The zero-order valence-electron chi connectivity index (χ0n) is 23.9. The molecule has 0 aromatic heterocycles. The van der Waals surface area contributed by atoms with Gasteiger partial charge in [0.1, 0.15) is 5.75 Å². The third-order valence-electron chi connectivity index (χ3n) is 10.7. The van der Waals surface area contributed by atoms with Gasteiger partial charge in [-0.2, -0.15) is 0 Å². The minimum absolute atomic E-state index is 0.0259. The number of fused-ring (bicyclic) bond motifs is 2. The van der Waals surface area contributed by atoms with Crippen molar-refractivity contribution in [3.63, 3.8) is 0 Å². The van der Waals surface area contributed by atoms with E-state index in [0.29, 0.717) is 32.2 Å². The Bertz CT molecular complexity index is 1140. The van der Waals surface area contributed by atoms with Crippen molar-refractivity contribution in [3.05, 3.63) is 23.5 Å². The van der Waals surface area contributed by atoms with E-state index in [9.17, 15) is 23.9 Å². The molecule has 40 heavy (non-hydrogen) atoms. The van der Waals surface area contributed by atoms with Gasteiger partial charge in [-0.15, -0.1) is 0 Å². The van der Waals surface area contributed by atoms with Gasteiger partial charge in [-0.1, -0.05) is 13.3 Å². The van der Waals surface area contributed by atoms with E-state index in [-0.39, 0.29) is 58.3 Å². The average Bonchev–Trinajstić information content (AvgIpc) is 3.52. The number of methoxy groups -OCH3 is 1. The van der Waals surface area contributed by atoms with Crippen LogP contribution in [0.5, 0.6) is 11.5 Å². The van der Waals surface area contributed by atoms with Crippen molar-refractivity contribution >= 4 is 17.8 Å². The molecule has 0 saturated heterocycles. The number of carbonyl (C=O) groups is 3. The number of carbonyl (C=O) groups excluding carboxylic acids is 2. The predicted octanol–water partition coefficient (Wildman–Crippen LogP) is 5.09. The lowest BCUT2D eigenvalue weighted by Gasteiger charge is -2.42. The van der Waals surface area contributed by atoms with Crippen LogP contribution < -0.4 is 20.1 Å². The first kappa shape index (κ1) is 28.7. The molecule has 0 aliphatic heterocycles. The van der Waals surface area contributed by atoms with Crippen LogP contribution in [0.4, 0.5) is 4.39 Å². The van der Waals surface area contributed by atoms with Gasteiger partial charge in [0.15, 0.2) is 11.6 Å². The molecule has 4 fully saturated rings. The van der Waals surface area contributed by atoms with Crippen LogP contribution in [-0.2, 0) is 9.59 Å². The maximum Gasteiger partial charge on any atom is 0.309 e. The molecule has 4 atom stereocenters. The predicted molar refractivity (Wildman–Crippen MR) is 147 cm³/mol. The van der Waals surface area contributed by atoms with Crippen LogP contribution in [0.3, 0.4) is 0 Å². The lowest BCUT2D eigenvalue weighted by atomic mass is 9.67. The summed E-state index contributed by atoms with van der Waals surface area (Å²) in [7, 11) is 1.39. The molecular formula is C31H43FN2O6. The van der Waals surface area contributed by atoms with E-state index in [2.05, 4.69) is 17.6 Å². The van der Waals surface area contributed by atoms with Crippen LogP contribution >= 0.6 is 0 Å². The van der Waals surface area contributed by atoms with Gasteiger partial charge in [-0.3, -0.25) is 14.4 Å². The number of hydrogen-bond donors (Lipinski definition) is 3. The van der Waals surface area contributed by atoms with Crippen LogP contribution in [-0.4, -0.2) is 48.7 Å². The summed E-state index contributed by atoms with van der Waals surface area (Å²) in [5.74, 6) is -1.59. The molecular weight excluding hydrogens is 515 g/mol. The maximum atomic E-state index is 15.0. The second-order valence-corrected chi connectivity index (χ2v) is 12.9. The Morgan fingerprint density at radius 2 is 1.75 bits per heavy atom. The fourth-order valence-electron chi connectivity index (χ4n) is 7.54. The number of carboxylic acid groups (broad SMARTS) is 1. The zero-order chi connectivity index (χ0) is 28.7. The van der Waals surface area contributed by atoms with Gasteiger partial charge in [0, 0.05) is 18.7 Å². The average molecular weight is 559 g/mol. The van der Waals surface area contributed by atoms with E-state index in [0.717, 1.165) is 44.6 Å². The molecule has 3 N–H and O–H groups in total. The van der Waals surface area contributed by atoms with Gasteiger partial charge in [0.25, 0.3) is 5.91 Å². The molecule has 4 aliphatic rings. The lowest BCUT2D eigenvalue weighted by Crippen LogP contribution is -2.52. The Kier molecular flexibility index (Phi) is 8.03. The molecule has 9 heteroatoms. The Labute approximate surface area is 235 Å². The maximum absolute atomic E-state index is 15.0. The first-order valence-electron chi connectivity index (χ1n) is 14.9. The number of hydrogen-bond acceptors (Lipinski definition) is 5. The Morgan fingerprint density at radius 1 is 1.05 bits per heavy atom. The molecule has 0 radical (unpaired) electrons. The highest BCUT2D eigenvalue weighted by Gasteiger charge is 2.52. The highest BCUT2D eigenvalue weighted by Crippen LogP contribution is 2.49. The van der Waals surface area contributed by atoms with Crippen LogP contribution in [0, 0.1) is 34.4 Å². The summed E-state index contributed by atoms with van der Waals surface area (Å²) >= 11 is 0. The van der Waals surface area contributed by atoms with Crippen molar-refractivity contribution in [1.29, 1.82) is 0 Å². The molecule has 1 aromatic rings. The van der Waals surface area contributed by atoms with Gasteiger partial charge < -0.3 is 25.2 Å². The summed E-state index contributed by atoms with van der Waals surface area (Å²) in [5, 5.41) is 15.8. The topological polar surface area (TPSA) is 114 Å². The van der Waals surface area contributed by atoms with Crippen LogP contribution in [0.25, 0.3) is 0 Å². The standard InChI is InChI=1S/C31H43FN2O6/c1-4-31(10-5-11-31)17-33-28(36)25-18-6-7-19(14-18)26(25)34-27(35)21-15-24(22(32)16-23(21)39-3)40-20-8-12-30(2,13-9-20)29(37)38/h15-16,18-20,25-26H,4-14,17H2,1-3H3,(H,33,36)(H,34,35)(H,37,38)/t18-,19+,20?,25+,26-,30?/m1/s1. The zero-order valence-corrected chi connectivity index (χ0v) is 23.9. The summed E-state index contributed by atoms with van der Waals surface area (Å²) < 4.78 is 26.3. The van der Waals surface area contributed by atoms with Crippen molar-refractivity contribution in [1.82, 2.24) is 10.6 Å². The molecule has 1 aromatic carbocycles. The third kappa shape index (κ3) is 5.40. The molecule has 2 amide bonds. The van der Waals surface area contributed by atoms with Gasteiger partial charge in [-0.05, 0) is 94.4 Å². The van der Waals surface area contributed by atoms with Crippen molar-refractivity contribution in [3.8, 4) is 11.5 Å². The summed E-state index contributed by atoms with van der Waals surface area (Å²) in [6.07, 6.45) is 8.95. The Balaban J connectivity index is 1.28. The van der Waals surface area contributed by atoms with Gasteiger partial charge in [0.2, 0.25) is 5.91 Å². The lowest BCUT2D eigenvalue weighted by molar-refractivity contribution is -0.150. The highest BCUT2D eigenvalue weighted by atomic mass is 19.1. The number of carboxylic acids is 1. The molecule has 220 valence electrons. The third-order valence-corrected chi connectivity index (χ3v) is 10.7. The summed E-state index contributed by atoms with van der Waals surface area (Å²) in [5.41, 5.74) is -0.428. The number of amides is 2. The van der Waals surface area contributed by atoms with Crippen LogP contribution in [0.1, 0.15) is 94.8 Å². The molecule has 8 nitrogen and oxygen atoms in total. The number of ether oxygens (including phenoxy) is 2. The number of nitrogens with one attached hydrogen (secondary N) is 2. The van der Waals surface area contributed by atoms with E-state index in [1.807, 2.05) is 0 Å². The van der Waals surface area contributed by atoms with E-state index in [1.54, 1.807) is 6.92 Å². The smallest absolute Gasteiger partial charge is 0.309 e. The number of halogens is 1. The first-order valence-corrected chi connectivity index (χ1v) is 14.9. The SMILES string of the molecule is CCC1(CNC(=O)[C@H]2[C@@H]3CC[C@@H](C3)[C@H]2NC(=O)c2cc(OC3CCC(C)(C(=O)O)CC3)c(F)cc2OC)CCC1. The summed E-state index contributed by atoms with van der Waals surface area (Å²) in [6.45, 7) is 4.59. The number of benzene rings is 1. The second kappa shape index (κ2) is 11.2. The van der Waals surface area contributed by atoms with Gasteiger partial charge in [-0.25, -0.2) is 4.39 Å². The minimum atomic E-state index is -0.832. The van der Waals surface area contributed by atoms with Crippen LogP contribution in [0.2, 0.25) is 0 Å². The summed E-state index contributed by atoms with van der Waals surface area (Å²) in [4.78, 5) is 38.6. The normalized spacial score (nSPS) is 32.1. The van der Waals surface area contributed by atoms with Crippen molar-refractivity contribution in [2.75, 3.05) is 13.7 Å². The fourth-order valence-corrected chi connectivity index (χ4v) is 7.54. The van der Waals surface area contributed by atoms with E-state index in [1.165, 1.54) is 19.6 Å². The Morgan fingerprint density at radius 3 is 2.35 bits per heavy atom. The molecule has 0 heterocycles. The van der Waals surface area contributed by atoms with Crippen molar-refractivity contribution in [2.45, 2.75) is 96.6 Å². The first-order chi connectivity index (χ1) is 19.1. The monoisotopic (exact) mass is 558 g/mol. The number of rotatable bonds is 10. The molecule has 4 saturated carbocycles. The van der Waals surface area contributed by atoms with E-state index < -0.39 is 23.1 Å². The molecule has 0 spiro atoms. The second-order valence-electron chi connectivity index (χ2n) is 12.9. The van der Waals surface area contributed by atoms with Crippen LogP contribution in [0.15, 0.2) is 12.1 Å². The van der Waals surface area contributed by atoms with E-state index >= 15 is 0 Å².